The molecule has 0 spiro atoms. The van der Waals surface area contributed by atoms with E-state index in [4.69, 9.17) is 9.47 Å². The molecule has 5 nitrogen and oxygen atoms in total. The molecule has 5 heteroatoms. The average molecular weight is 285 g/mol. The zero-order chi connectivity index (χ0) is 15.1. The van der Waals surface area contributed by atoms with E-state index in [0.717, 1.165) is 5.56 Å². The van der Waals surface area contributed by atoms with Crippen molar-refractivity contribution in [3.8, 4) is 0 Å². The molecule has 0 saturated carbocycles. The summed E-state index contributed by atoms with van der Waals surface area (Å²) in [5.41, 5.74) is 1.52. The molecule has 2 aromatic rings. The molecule has 21 heavy (non-hydrogen) atoms. The third kappa shape index (κ3) is 4.14. The van der Waals surface area contributed by atoms with Crippen molar-refractivity contribution in [2.45, 2.75) is 13.5 Å². The predicted molar refractivity (Wildman–Crippen MR) is 75.8 cm³/mol. The Bertz CT molecular complexity index is 608. The van der Waals surface area contributed by atoms with Gasteiger partial charge in [-0.15, -0.1) is 0 Å². The Balaban J connectivity index is 1.92. The molecule has 0 bridgehead atoms. The number of benzene rings is 1. The van der Waals surface area contributed by atoms with Gasteiger partial charge in [-0.3, -0.25) is 0 Å². The van der Waals surface area contributed by atoms with Crippen molar-refractivity contribution >= 4 is 11.9 Å². The number of ether oxygens (including phenoxy) is 2. The number of pyridine rings is 1. The minimum Gasteiger partial charge on any atom is -0.462 e. The second-order valence-corrected chi connectivity index (χ2v) is 4.21. The molecule has 1 aromatic heterocycles. The van der Waals surface area contributed by atoms with Crippen molar-refractivity contribution in [1.82, 2.24) is 4.98 Å². The van der Waals surface area contributed by atoms with E-state index in [1.54, 1.807) is 49.4 Å². The van der Waals surface area contributed by atoms with Gasteiger partial charge in [0.1, 0.15) is 12.3 Å². The second-order valence-electron chi connectivity index (χ2n) is 4.21. The maximum atomic E-state index is 11.7. The lowest BCUT2D eigenvalue weighted by atomic mass is 10.1. The van der Waals surface area contributed by atoms with Crippen LogP contribution in [-0.4, -0.2) is 23.5 Å². The van der Waals surface area contributed by atoms with Gasteiger partial charge < -0.3 is 9.47 Å². The van der Waals surface area contributed by atoms with Crippen LogP contribution in [-0.2, 0) is 16.1 Å². The summed E-state index contributed by atoms with van der Waals surface area (Å²) >= 11 is 0. The number of hydrogen-bond acceptors (Lipinski definition) is 5. The fourth-order valence-corrected chi connectivity index (χ4v) is 1.66. The summed E-state index contributed by atoms with van der Waals surface area (Å²) in [5, 5.41) is 0. The van der Waals surface area contributed by atoms with Gasteiger partial charge in [0.2, 0.25) is 0 Å². The molecule has 2 rings (SSSR count). The van der Waals surface area contributed by atoms with Crippen LogP contribution in [0.25, 0.3) is 0 Å². The van der Waals surface area contributed by atoms with Crippen LogP contribution in [0.15, 0.2) is 48.7 Å². The topological polar surface area (TPSA) is 65.5 Å². The van der Waals surface area contributed by atoms with Gasteiger partial charge in [0, 0.05) is 6.20 Å². The van der Waals surface area contributed by atoms with Crippen LogP contribution in [0.2, 0.25) is 0 Å². The van der Waals surface area contributed by atoms with E-state index in [-0.39, 0.29) is 18.3 Å². The molecule has 1 heterocycles. The molecule has 0 aliphatic carbocycles. The Morgan fingerprint density at radius 3 is 2.38 bits per heavy atom. The number of aromatic nitrogens is 1. The summed E-state index contributed by atoms with van der Waals surface area (Å²) in [6.45, 7) is 2.21. The van der Waals surface area contributed by atoms with Gasteiger partial charge in [-0.2, -0.15) is 0 Å². The zero-order valence-electron chi connectivity index (χ0n) is 11.6. The van der Waals surface area contributed by atoms with Crippen LogP contribution in [0, 0.1) is 0 Å². The molecule has 0 fully saturated rings. The maximum Gasteiger partial charge on any atom is 0.357 e. The summed E-state index contributed by atoms with van der Waals surface area (Å²) in [6, 6.07) is 11.8. The van der Waals surface area contributed by atoms with E-state index >= 15 is 0 Å². The lowest BCUT2D eigenvalue weighted by Crippen LogP contribution is -2.07. The van der Waals surface area contributed by atoms with Gasteiger partial charge in [0.15, 0.2) is 0 Å². The van der Waals surface area contributed by atoms with E-state index in [0.29, 0.717) is 12.2 Å². The van der Waals surface area contributed by atoms with E-state index in [1.165, 1.54) is 6.20 Å². The minimum absolute atomic E-state index is 0.124. The first-order valence-corrected chi connectivity index (χ1v) is 6.55. The number of rotatable bonds is 5. The molecule has 0 N–H and O–H groups in total. The van der Waals surface area contributed by atoms with Gasteiger partial charge >= 0.3 is 11.9 Å². The molecule has 108 valence electrons. The fourth-order valence-electron chi connectivity index (χ4n) is 1.66. The van der Waals surface area contributed by atoms with Gasteiger partial charge in [-0.05, 0) is 36.8 Å². The Labute approximate surface area is 122 Å². The van der Waals surface area contributed by atoms with Gasteiger partial charge in [0.25, 0.3) is 0 Å². The van der Waals surface area contributed by atoms with Crippen molar-refractivity contribution in [3.63, 3.8) is 0 Å². The quantitative estimate of drug-likeness (QED) is 0.790. The first-order valence-electron chi connectivity index (χ1n) is 6.55. The Morgan fingerprint density at radius 1 is 1.00 bits per heavy atom. The van der Waals surface area contributed by atoms with Crippen molar-refractivity contribution in [2.24, 2.45) is 0 Å². The smallest absolute Gasteiger partial charge is 0.357 e. The van der Waals surface area contributed by atoms with Crippen LogP contribution in [0.5, 0.6) is 0 Å². The number of hydrogen-bond donors (Lipinski definition) is 0. The lowest BCUT2D eigenvalue weighted by Gasteiger charge is -2.05. The molecule has 0 atom stereocenters. The highest BCUT2D eigenvalue weighted by Crippen LogP contribution is 2.08. The highest BCUT2D eigenvalue weighted by Gasteiger charge is 2.09. The SMILES string of the molecule is CCOC(=O)c1ccc(COC(=O)c2ccccn2)cc1. The van der Waals surface area contributed by atoms with Crippen molar-refractivity contribution in [2.75, 3.05) is 6.61 Å². The summed E-state index contributed by atoms with van der Waals surface area (Å²) in [5.74, 6) is -0.848. The van der Waals surface area contributed by atoms with Gasteiger partial charge in [-0.25, -0.2) is 14.6 Å². The summed E-state index contributed by atoms with van der Waals surface area (Å²) in [4.78, 5) is 27.1. The summed E-state index contributed by atoms with van der Waals surface area (Å²) in [7, 11) is 0. The lowest BCUT2D eigenvalue weighted by molar-refractivity contribution is 0.0463. The van der Waals surface area contributed by atoms with E-state index in [9.17, 15) is 9.59 Å². The van der Waals surface area contributed by atoms with E-state index in [1.807, 2.05) is 0 Å². The first-order chi connectivity index (χ1) is 10.2. The first kappa shape index (κ1) is 14.7. The van der Waals surface area contributed by atoms with Crippen molar-refractivity contribution in [1.29, 1.82) is 0 Å². The monoisotopic (exact) mass is 285 g/mol. The number of carbonyl (C=O) groups excluding carboxylic acids is 2. The molecular weight excluding hydrogens is 270 g/mol. The van der Waals surface area contributed by atoms with Gasteiger partial charge in [0.05, 0.1) is 12.2 Å². The normalized spacial score (nSPS) is 9.95. The van der Waals surface area contributed by atoms with Crippen LogP contribution < -0.4 is 0 Å². The molecule has 0 saturated heterocycles. The third-order valence-electron chi connectivity index (χ3n) is 2.71. The molecule has 0 aliphatic rings. The van der Waals surface area contributed by atoms with Crippen molar-refractivity contribution < 1.29 is 19.1 Å². The molecule has 0 unspecified atom stereocenters. The molecule has 0 amide bonds. The Morgan fingerprint density at radius 2 is 1.76 bits per heavy atom. The standard InChI is InChI=1S/C16H15NO4/c1-2-20-15(18)13-8-6-12(7-9-13)11-21-16(19)14-5-3-4-10-17-14/h3-10H,2,11H2,1H3. The van der Waals surface area contributed by atoms with Crippen LogP contribution in [0.4, 0.5) is 0 Å². The molecular formula is C16H15NO4. The summed E-state index contributed by atoms with van der Waals surface area (Å²) in [6.07, 6.45) is 1.53. The second kappa shape index (κ2) is 7.19. The van der Waals surface area contributed by atoms with E-state index in [2.05, 4.69) is 4.98 Å². The fraction of sp³-hybridized carbons (Fsp3) is 0.188. The highest BCUT2D eigenvalue weighted by molar-refractivity contribution is 5.89. The van der Waals surface area contributed by atoms with Crippen LogP contribution >= 0.6 is 0 Å². The average Bonchev–Trinajstić information content (AvgIpc) is 2.54. The Kier molecular flexibility index (Phi) is 5.04. The van der Waals surface area contributed by atoms with Gasteiger partial charge in [-0.1, -0.05) is 18.2 Å². The van der Waals surface area contributed by atoms with Crippen molar-refractivity contribution in [3.05, 3.63) is 65.5 Å². The van der Waals surface area contributed by atoms with E-state index < -0.39 is 5.97 Å². The highest BCUT2D eigenvalue weighted by atomic mass is 16.5. The largest absolute Gasteiger partial charge is 0.462 e. The van der Waals surface area contributed by atoms with Crippen LogP contribution in [0.3, 0.4) is 0 Å². The van der Waals surface area contributed by atoms with Crippen LogP contribution in [0.1, 0.15) is 33.3 Å². The number of esters is 2. The minimum atomic E-state index is -0.481. The molecule has 0 radical (unpaired) electrons. The Hall–Kier alpha value is -2.69. The molecule has 1 aromatic carbocycles. The third-order valence-corrected chi connectivity index (χ3v) is 2.71. The maximum absolute atomic E-state index is 11.7. The summed E-state index contributed by atoms with van der Waals surface area (Å²) < 4.78 is 10.0. The molecule has 0 aliphatic heterocycles. The predicted octanol–water partition coefficient (Wildman–Crippen LogP) is 2.62. The number of carbonyl (C=O) groups is 2. The number of nitrogens with zero attached hydrogens (tertiary/aromatic N) is 1. The zero-order valence-corrected chi connectivity index (χ0v) is 11.6.